The predicted octanol–water partition coefficient (Wildman–Crippen LogP) is 5.18. The van der Waals surface area contributed by atoms with Crippen LogP contribution in [0.2, 0.25) is 5.02 Å². The smallest absolute Gasteiger partial charge is 0.410 e. The normalized spacial score (nSPS) is 18.2. The van der Waals surface area contributed by atoms with Gasteiger partial charge in [-0.05, 0) is 74.5 Å². The molecule has 1 aromatic carbocycles. The van der Waals surface area contributed by atoms with Crippen molar-refractivity contribution in [3.05, 3.63) is 78.6 Å². The first-order chi connectivity index (χ1) is 21.7. The number of halogens is 1. The Bertz CT molecular complexity index is 1150. The number of carbonyl (C=O) groups is 2. The highest BCUT2D eigenvalue weighted by Crippen LogP contribution is 2.39. The van der Waals surface area contributed by atoms with Gasteiger partial charge in [-0.3, -0.25) is 14.7 Å². The minimum atomic E-state index is -0.513. The van der Waals surface area contributed by atoms with E-state index in [2.05, 4.69) is 64.8 Å². The summed E-state index contributed by atoms with van der Waals surface area (Å²) in [7, 11) is 3.86. The van der Waals surface area contributed by atoms with Crippen LogP contribution in [0.4, 0.5) is 4.79 Å². The van der Waals surface area contributed by atoms with Gasteiger partial charge in [-0.2, -0.15) is 0 Å². The molecule has 250 valence electrons. The van der Waals surface area contributed by atoms with Gasteiger partial charge in [0.15, 0.2) is 0 Å². The number of hydrogen-bond donors (Lipinski definition) is 3. The summed E-state index contributed by atoms with van der Waals surface area (Å²) in [5.74, 6) is -0.148. The molecule has 2 amide bonds. The number of nitrogens with one attached hydrogen (secondary N) is 2. The van der Waals surface area contributed by atoms with Crippen LogP contribution in [0, 0.1) is 0 Å². The van der Waals surface area contributed by atoms with Gasteiger partial charge in [-0.1, -0.05) is 30.3 Å². The molecule has 1 saturated heterocycles. The van der Waals surface area contributed by atoms with Crippen molar-refractivity contribution < 1.29 is 19.1 Å². The maximum atomic E-state index is 13.2. The second kappa shape index (κ2) is 22.4. The van der Waals surface area contributed by atoms with Crippen molar-refractivity contribution in [2.45, 2.75) is 51.0 Å². The maximum Gasteiger partial charge on any atom is 0.410 e. The molecule has 2 aliphatic rings. The Morgan fingerprint density at radius 2 is 1.91 bits per heavy atom. The topological polar surface area (TPSA) is 122 Å². The molecule has 1 aromatic rings. The molecule has 0 bridgehead atoms. The number of amides is 2. The Morgan fingerprint density at radius 3 is 2.49 bits per heavy atom. The fraction of sp³-hybridized carbons (Fsp3) is 0.485. The van der Waals surface area contributed by atoms with Crippen molar-refractivity contribution in [1.29, 1.82) is 0 Å². The van der Waals surface area contributed by atoms with Crippen LogP contribution in [0.5, 0.6) is 0 Å². The Balaban J connectivity index is 0.00000191. The maximum absolute atomic E-state index is 13.2. The van der Waals surface area contributed by atoms with Crippen molar-refractivity contribution in [2.75, 3.05) is 53.2 Å². The number of rotatable bonds is 11. The van der Waals surface area contributed by atoms with Gasteiger partial charge in [0.05, 0.1) is 18.5 Å². The number of benzene rings is 1. The predicted molar refractivity (Wildman–Crippen MR) is 190 cm³/mol. The van der Waals surface area contributed by atoms with Crippen molar-refractivity contribution in [3.63, 3.8) is 0 Å². The van der Waals surface area contributed by atoms with Gasteiger partial charge >= 0.3 is 6.09 Å². The third kappa shape index (κ3) is 13.0. The van der Waals surface area contributed by atoms with E-state index in [1.54, 1.807) is 31.6 Å². The summed E-state index contributed by atoms with van der Waals surface area (Å²) in [5.41, 5.74) is 7.79. The lowest BCUT2D eigenvalue weighted by Gasteiger charge is -2.39. The SMILES string of the molecule is C=C.C=CN.CN=CN/C=C/[C@H](NC(=O)C(CPC)OC)C1=CCC[C@@H](N2CCN(C(=O)OC(C)C)CC2)c2ccc(Cl)cc21. The number of nitrogens with two attached hydrogens (primary N) is 1. The first-order valence-electron chi connectivity index (χ1n) is 15.0. The number of allylic oxidation sites excluding steroid dienone is 1. The van der Waals surface area contributed by atoms with E-state index in [0.29, 0.717) is 32.9 Å². The number of aliphatic imine (C=N–C) groups is 1. The summed E-state index contributed by atoms with van der Waals surface area (Å²) in [4.78, 5) is 33.8. The molecule has 4 N–H and O–H groups in total. The zero-order valence-electron chi connectivity index (χ0n) is 27.4. The summed E-state index contributed by atoms with van der Waals surface area (Å²) in [6, 6.07) is 5.77. The molecule has 0 spiro atoms. The molecular formula is C33H52ClN6O4P. The average Bonchev–Trinajstić information content (AvgIpc) is 3.21. The summed E-state index contributed by atoms with van der Waals surface area (Å²) in [6.07, 6.45) is 10.3. The van der Waals surface area contributed by atoms with Gasteiger partial charge < -0.3 is 30.7 Å². The molecular weight excluding hydrogens is 611 g/mol. The lowest BCUT2D eigenvalue weighted by molar-refractivity contribution is -0.129. The zero-order chi connectivity index (χ0) is 33.8. The van der Waals surface area contributed by atoms with Gasteiger partial charge in [0.25, 0.3) is 0 Å². The molecule has 2 unspecified atom stereocenters. The first-order valence-corrected chi connectivity index (χ1v) is 17.1. The monoisotopic (exact) mass is 662 g/mol. The summed E-state index contributed by atoms with van der Waals surface area (Å²) < 4.78 is 10.9. The van der Waals surface area contributed by atoms with Crippen LogP contribution < -0.4 is 16.4 Å². The average molecular weight is 663 g/mol. The fourth-order valence-corrected chi connectivity index (χ4v) is 6.01. The number of piperazine rings is 1. The molecule has 1 fully saturated rings. The van der Waals surface area contributed by atoms with E-state index in [1.165, 1.54) is 11.8 Å². The van der Waals surface area contributed by atoms with E-state index in [1.807, 2.05) is 32.1 Å². The van der Waals surface area contributed by atoms with E-state index < -0.39 is 12.1 Å². The molecule has 45 heavy (non-hydrogen) atoms. The second-order valence-corrected chi connectivity index (χ2v) is 11.9. The third-order valence-corrected chi connectivity index (χ3v) is 8.04. The Morgan fingerprint density at radius 1 is 1.24 bits per heavy atom. The second-order valence-electron chi connectivity index (χ2n) is 10.4. The van der Waals surface area contributed by atoms with Crippen molar-refractivity contribution in [1.82, 2.24) is 20.4 Å². The number of hydrogen-bond acceptors (Lipinski definition) is 7. The molecule has 1 aliphatic heterocycles. The molecule has 12 heteroatoms. The molecule has 1 heterocycles. The standard InChI is InChI=1S/C29H43ClN5O4P.C2H5N.C2H4/c1-20(2)39-29(37)35-15-13-34(14-16-35)26-8-6-7-22(24-17-21(30)9-10-23(24)26)25(11-12-32-19-31-3)33-28(36)27(38-4)18-40-5;1-2-3;1-2/h7,9-12,17,19-20,25-27,40H,6,8,13-16,18H2,1-5H3,(H,31,32)(H,33,36);2H,1,3H2;1-2H2/b12-11+;;/t25-,26+,27?;;/m0../s1. The van der Waals surface area contributed by atoms with Crippen LogP contribution in [0.25, 0.3) is 5.57 Å². The van der Waals surface area contributed by atoms with Crippen molar-refractivity contribution in [3.8, 4) is 0 Å². The summed E-state index contributed by atoms with van der Waals surface area (Å²) in [6.45, 7) is 17.7. The van der Waals surface area contributed by atoms with Crippen LogP contribution >= 0.6 is 20.2 Å². The van der Waals surface area contributed by atoms with Crippen molar-refractivity contribution >= 4 is 44.1 Å². The lowest BCUT2D eigenvalue weighted by atomic mass is 9.91. The Kier molecular flexibility index (Phi) is 19.8. The number of nitrogens with zero attached hydrogens (tertiary/aromatic N) is 3. The fourth-order valence-electron chi connectivity index (χ4n) is 5.11. The lowest BCUT2D eigenvalue weighted by Crippen LogP contribution is -2.50. The van der Waals surface area contributed by atoms with Crippen LogP contribution in [0.1, 0.15) is 43.9 Å². The third-order valence-electron chi connectivity index (χ3n) is 7.03. The molecule has 3 rings (SSSR count). The summed E-state index contributed by atoms with van der Waals surface area (Å²) in [5, 5.41) is 6.86. The summed E-state index contributed by atoms with van der Waals surface area (Å²) >= 11 is 6.54. The van der Waals surface area contributed by atoms with Gasteiger partial charge in [0.1, 0.15) is 6.10 Å². The molecule has 0 saturated carbocycles. The van der Waals surface area contributed by atoms with Crippen LogP contribution in [0.3, 0.4) is 0 Å². The minimum Gasteiger partial charge on any atom is -0.447 e. The minimum absolute atomic E-state index is 0.137. The highest BCUT2D eigenvalue weighted by Gasteiger charge is 2.32. The van der Waals surface area contributed by atoms with E-state index in [0.717, 1.165) is 37.1 Å². The van der Waals surface area contributed by atoms with Crippen LogP contribution in [-0.4, -0.2) is 99.6 Å². The Labute approximate surface area is 276 Å². The largest absolute Gasteiger partial charge is 0.447 e. The zero-order valence-corrected chi connectivity index (χ0v) is 29.2. The number of ether oxygens (including phenoxy) is 2. The van der Waals surface area contributed by atoms with Gasteiger partial charge in [-0.15, -0.1) is 21.7 Å². The van der Waals surface area contributed by atoms with Crippen LogP contribution in [-0.2, 0) is 14.3 Å². The van der Waals surface area contributed by atoms with Crippen LogP contribution in [0.15, 0.2) is 67.5 Å². The Hall–Kier alpha value is -3.17. The molecule has 4 atom stereocenters. The van der Waals surface area contributed by atoms with Crippen molar-refractivity contribution in [2.24, 2.45) is 10.7 Å². The van der Waals surface area contributed by atoms with E-state index >= 15 is 0 Å². The van der Waals surface area contributed by atoms with E-state index in [-0.39, 0.29) is 24.1 Å². The molecule has 0 radical (unpaired) electrons. The quantitative estimate of drug-likeness (QED) is 0.129. The number of carbonyl (C=O) groups excluding carboxylic acids is 2. The molecule has 1 aliphatic carbocycles. The van der Waals surface area contributed by atoms with Gasteiger partial charge in [-0.25, -0.2) is 4.79 Å². The van der Waals surface area contributed by atoms with E-state index in [4.69, 9.17) is 21.1 Å². The number of fused-ring (bicyclic) bond motifs is 1. The highest BCUT2D eigenvalue weighted by atomic mass is 35.5. The first kappa shape index (κ1) is 39.9. The molecule has 10 nitrogen and oxygen atoms in total. The van der Waals surface area contributed by atoms with Gasteiger partial charge in [0, 0.05) is 63.8 Å². The highest BCUT2D eigenvalue weighted by molar-refractivity contribution is 7.37. The number of methoxy groups -OCH3 is 1. The molecule has 0 aromatic heterocycles. The van der Waals surface area contributed by atoms with E-state index in [9.17, 15) is 9.59 Å². The van der Waals surface area contributed by atoms with Gasteiger partial charge in [0.2, 0.25) is 5.91 Å².